The van der Waals surface area contributed by atoms with Crippen LogP contribution in [0.5, 0.6) is 0 Å². The fourth-order valence-electron chi connectivity index (χ4n) is 2.04. The first-order valence-electron chi connectivity index (χ1n) is 5.12. The van der Waals surface area contributed by atoms with E-state index in [0.29, 0.717) is 0 Å². The van der Waals surface area contributed by atoms with Gasteiger partial charge in [0.25, 0.3) is 0 Å². The van der Waals surface area contributed by atoms with E-state index in [1.54, 1.807) is 0 Å². The van der Waals surface area contributed by atoms with Crippen molar-refractivity contribution in [1.82, 2.24) is 4.90 Å². The fourth-order valence-corrected chi connectivity index (χ4v) is 2.04. The first-order valence-corrected chi connectivity index (χ1v) is 5.12. The molecule has 14 heavy (non-hydrogen) atoms. The summed E-state index contributed by atoms with van der Waals surface area (Å²) in [4.78, 5) is 2.35. The predicted molar refractivity (Wildman–Crippen MR) is 60.7 cm³/mol. The van der Waals surface area contributed by atoms with Gasteiger partial charge in [-0.3, -0.25) is 0 Å². The Balaban J connectivity index is 2.41. The Morgan fingerprint density at radius 2 is 2.14 bits per heavy atom. The zero-order chi connectivity index (χ0) is 10.2. The van der Waals surface area contributed by atoms with Crippen LogP contribution in [0, 0.1) is 0 Å². The number of rotatable bonds is 0. The highest BCUT2D eigenvalue weighted by atomic mass is 15.2. The lowest BCUT2D eigenvalue weighted by molar-refractivity contribution is 0.270. The van der Waals surface area contributed by atoms with Crippen LogP contribution in [0.15, 0.2) is 47.9 Å². The highest BCUT2D eigenvalue weighted by Gasteiger charge is 2.29. The smallest absolute Gasteiger partial charge is 0.0633 e. The molecule has 2 heterocycles. The molecule has 2 rings (SSSR count). The quantitative estimate of drug-likeness (QED) is 0.562. The Bertz CT molecular complexity index is 357. The standard InChI is InChI=1S/C13H17N/c1-11-6-9-13(3)8-4-5-12(2)14(13)10-7-11/h4-8,10H,9H2,1-3H3. The normalized spacial score (nSPS) is 30.6. The molecule has 0 N–H and O–H groups in total. The second kappa shape index (κ2) is 3.16. The molecular weight excluding hydrogens is 170 g/mol. The molecule has 1 unspecified atom stereocenters. The van der Waals surface area contributed by atoms with Gasteiger partial charge in [0.1, 0.15) is 0 Å². The van der Waals surface area contributed by atoms with Crippen LogP contribution in [0.3, 0.4) is 0 Å². The number of fused-ring (bicyclic) bond motifs is 1. The lowest BCUT2D eigenvalue weighted by Crippen LogP contribution is -2.40. The van der Waals surface area contributed by atoms with E-state index < -0.39 is 0 Å². The Hall–Kier alpha value is -1.24. The molecule has 2 aliphatic heterocycles. The van der Waals surface area contributed by atoms with Gasteiger partial charge in [0.2, 0.25) is 0 Å². The molecule has 0 fully saturated rings. The average molecular weight is 187 g/mol. The molecule has 0 radical (unpaired) electrons. The van der Waals surface area contributed by atoms with Gasteiger partial charge in [0.15, 0.2) is 0 Å². The number of hydrogen-bond donors (Lipinski definition) is 0. The van der Waals surface area contributed by atoms with E-state index in [0.717, 1.165) is 6.42 Å². The molecule has 1 heteroatoms. The second-order valence-corrected chi connectivity index (χ2v) is 4.36. The summed E-state index contributed by atoms with van der Waals surface area (Å²) in [7, 11) is 0. The van der Waals surface area contributed by atoms with Gasteiger partial charge in [0.05, 0.1) is 5.54 Å². The molecule has 0 aliphatic carbocycles. The van der Waals surface area contributed by atoms with Crippen LogP contribution in [0.4, 0.5) is 0 Å². The minimum absolute atomic E-state index is 0.132. The number of allylic oxidation sites excluding steroid dienone is 5. The molecule has 0 spiro atoms. The van der Waals surface area contributed by atoms with Crippen molar-refractivity contribution in [1.29, 1.82) is 0 Å². The van der Waals surface area contributed by atoms with E-state index in [9.17, 15) is 0 Å². The van der Waals surface area contributed by atoms with Gasteiger partial charge in [-0.05, 0) is 39.3 Å². The van der Waals surface area contributed by atoms with Crippen molar-refractivity contribution < 1.29 is 0 Å². The van der Waals surface area contributed by atoms with Crippen LogP contribution in [-0.2, 0) is 0 Å². The first-order chi connectivity index (χ1) is 6.62. The maximum absolute atomic E-state index is 2.35. The molecule has 0 aromatic heterocycles. The van der Waals surface area contributed by atoms with E-state index in [1.165, 1.54) is 11.3 Å². The Kier molecular flexibility index (Phi) is 2.10. The van der Waals surface area contributed by atoms with E-state index in [4.69, 9.17) is 0 Å². The van der Waals surface area contributed by atoms with Crippen molar-refractivity contribution >= 4 is 0 Å². The first kappa shape index (κ1) is 9.32. The van der Waals surface area contributed by atoms with Crippen LogP contribution in [0.25, 0.3) is 0 Å². The lowest BCUT2D eigenvalue weighted by Gasteiger charge is -2.40. The van der Waals surface area contributed by atoms with Crippen LogP contribution in [0.1, 0.15) is 27.2 Å². The van der Waals surface area contributed by atoms with Crippen molar-refractivity contribution in [2.45, 2.75) is 32.7 Å². The summed E-state index contributed by atoms with van der Waals surface area (Å²) in [6, 6.07) is 0. The molecule has 0 amide bonds. The van der Waals surface area contributed by atoms with Gasteiger partial charge >= 0.3 is 0 Å². The second-order valence-electron chi connectivity index (χ2n) is 4.36. The summed E-state index contributed by atoms with van der Waals surface area (Å²) in [6.07, 6.45) is 14.4. The van der Waals surface area contributed by atoms with Gasteiger partial charge < -0.3 is 4.90 Å². The third kappa shape index (κ3) is 1.43. The van der Waals surface area contributed by atoms with Gasteiger partial charge in [-0.1, -0.05) is 23.8 Å². The van der Waals surface area contributed by atoms with Gasteiger partial charge in [-0.2, -0.15) is 0 Å². The molecule has 74 valence electrons. The fraction of sp³-hybridized carbons (Fsp3) is 0.385. The SMILES string of the molecule is CC1=CCC2(C)C=CC=C(C)N2C=C1. The lowest BCUT2D eigenvalue weighted by atomic mass is 9.92. The third-order valence-corrected chi connectivity index (χ3v) is 3.05. The van der Waals surface area contributed by atoms with Crippen molar-refractivity contribution in [2.24, 2.45) is 0 Å². The van der Waals surface area contributed by atoms with Gasteiger partial charge in [-0.15, -0.1) is 0 Å². The number of hydrogen-bond acceptors (Lipinski definition) is 1. The van der Waals surface area contributed by atoms with Crippen LogP contribution < -0.4 is 0 Å². The zero-order valence-corrected chi connectivity index (χ0v) is 9.12. The average Bonchev–Trinajstić information content (AvgIpc) is 2.28. The van der Waals surface area contributed by atoms with Crippen molar-refractivity contribution in [3.8, 4) is 0 Å². The van der Waals surface area contributed by atoms with E-state index in [1.807, 2.05) is 0 Å². The minimum Gasteiger partial charge on any atom is -0.342 e. The van der Waals surface area contributed by atoms with Crippen LogP contribution in [0.2, 0.25) is 0 Å². The molecular formula is C13H17N. The van der Waals surface area contributed by atoms with Gasteiger partial charge in [-0.25, -0.2) is 0 Å². The molecule has 2 aliphatic rings. The summed E-state index contributed by atoms with van der Waals surface area (Å²) in [5.74, 6) is 0. The summed E-state index contributed by atoms with van der Waals surface area (Å²) in [5.41, 5.74) is 2.80. The van der Waals surface area contributed by atoms with Crippen molar-refractivity contribution in [3.63, 3.8) is 0 Å². The Morgan fingerprint density at radius 3 is 2.93 bits per heavy atom. The molecule has 1 nitrogen and oxygen atoms in total. The van der Waals surface area contributed by atoms with E-state index >= 15 is 0 Å². The molecule has 1 atom stereocenters. The largest absolute Gasteiger partial charge is 0.342 e. The highest BCUT2D eigenvalue weighted by molar-refractivity contribution is 5.32. The highest BCUT2D eigenvalue weighted by Crippen LogP contribution is 2.32. The monoisotopic (exact) mass is 187 g/mol. The van der Waals surface area contributed by atoms with Crippen LogP contribution in [-0.4, -0.2) is 10.4 Å². The van der Waals surface area contributed by atoms with Gasteiger partial charge in [0, 0.05) is 11.9 Å². The molecule has 0 saturated carbocycles. The Morgan fingerprint density at radius 1 is 1.36 bits per heavy atom. The topological polar surface area (TPSA) is 3.24 Å². The molecule has 0 aromatic rings. The third-order valence-electron chi connectivity index (χ3n) is 3.05. The summed E-state index contributed by atoms with van der Waals surface area (Å²) in [5, 5.41) is 0. The van der Waals surface area contributed by atoms with Crippen molar-refractivity contribution in [2.75, 3.05) is 0 Å². The summed E-state index contributed by atoms with van der Waals surface area (Å²) < 4.78 is 0. The maximum atomic E-state index is 2.35. The minimum atomic E-state index is 0.132. The zero-order valence-electron chi connectivity index (χ0n) is 9.12. The van der Waals surface area contributed by atoms with Crippen LogP contribution >= 0.6 is 0 Å². The molecule has 0 aromatic carbocycles. The predicted octanol–water partition coefficient (Wildman–Crippen LogP) is 3.38. The summed E-state index contributed by atoms with van der Waals surface area (Å²) >= 11 is 0. The van der Waals surface area contributed by atoms with E-state index in [2.05, 4.69) is 62.3 Å². The number of nitrogens with zero attached hydrogens (tertiary/aromatic N) is 1. The molecule has 0 bridgehead atoms. The summed E-state index contributed by atoms with van der Waals surface area (Å²) in [6.45, 7) is 6.59. The van der Waals surface area contributed by atoms with Crippen molar-refractivity contribution in [3.05, 3.63) is 47.9 Å². The van der Waals surface area contributed by atoms with E-state index in [-0.39, 0.29) is 5.54 Å². The maximum Gasteiger partial charge on any atom is 0.0633 e. The Labute approximate surface area is 86.1 Å². The molecule has 0 saturated heterocycles.